The molecule has 90 valence electrons. The van der Waals surface area contributed by atoms with Crippen LogP contribution in [0.2, 0.25) is 0 Å². The van der Waals surface area contributed by atoms with Gasteiger partial charge >= 0.3 is 0 Å². The second kappa shape index (κ2) is 4.84. The lowest BCUT2D eigenvalue weighted by molar-refractivity contribution is 0.0340. The molecule has 2 heteroatoms. The largest absolute Gasteiger partial charge is 0.329 e. The van der Waals surface area contributed by atoms with Crippen molar-refractivity contribution in [2.24, 2.45) is 17.6 Å². The molecule has 1 atom stereocenters. The Morgan fingerprint density at radius 2 is 1.80 bits per heavy atom. The molecule has 0 aromatic heterocycles. The van der Waals surface area contributed by atoms with Crippen LogP contribution in [0.4, 0.5) is 0 Å². The van der Waals surface area contributed by atoms with E-state index in [1.807, 2.05) is 0 Å². The molecule has 15 heavy (non-hydrogen) atoms. The van der Waals surface area contributed by atoms with E-state index in [4.69, 9.17) is 5.73 Å². The molecule has 0 saturated heterocycles. The standard InChI is InChI=1S/C13H28N2/c1-10(2)13(5,9-14)15(11(3)4)8-12-6-7-12/h10-12H,6-9,14H2,1-5H3. The number of nitrogens with zero attached hydrogens (tertiary/aromatic N) is 1. The van der Waals surface area contributed by atoms with Crippen LogP contribution in [0, 0.1) is 11.8 Å². The molecule has 1 rings (SSSR count). The van der Waals surface area contributed by atoms with Crippen LogP contribution in [-0.2, 0) is 0 Å². The number of nitrogens with two attached hydrogens (primary N) is 1. The first-order valence-corrected chi connectivity index (χ1v) is 6.38. The fraction of sp³-hybridized carbons (Fsp3) is 1.00. The van der Waals surface area contributed by atoms with E-state index in [0.717, 1.165) is 12.5 Å². The summed E-state index contributed by atoms with van der Waals surface area (Å²) in [6.45, 7) is 13.5. The minimum absolute atomic E-state index is 0.163. The van der Waals surface area contributed by atoms with E-state index in [-0.39, 0.29) is 5.54 Å². The van der Waals surface area contributed by atoms with E-state index in [1.165, 1.54) is 19.4 Å². The van der Waals surface area contributed by atoms with Crippen LogP contribution in [0.5, 0.6) is 0 Å². The Balaban J connectivity index is 2.73. The van der Waals surface area contributed by atoms with Crippen molar-refractivity contribution in [2.45, 2.75) is 59.0 Å². The highest BCUT2D eigenvalue weighted by atomic mass is 15.2. The Labute approximate surface area is 95.2 Å². The average molecular weight is 212 g/mol. The first kappa shape index (κ1) is 13.0. The van der Waals surface area contributed by atoms with E-state index in [2.05, 4.69) is 39.5 Å². The van der Waals surface area contributed by atoms with Gasteiger partial charge in [-0.3, -0.25) is 4.90 Å². The zero-order chi connectivity index (χ0) is 11.6. The normalized spacial score (nSPS) is 21.4. The van der Waals surface area contributed by atoms with Crippen molar-refractivity contribution in [3.05, 3.63) is 0 Å². The summed E-state index contributed by atoms with van der Waals surface area (Å²) in [6.07, 6.45) is 2.84. The fourth-order valence-corrected chi connectivity index (χ4v) is 2.27. The summed E-state index contributed by atoms with van der Waals surface area (Å²) in [5, 5.41) is 0. The summed E-state index contributed by atoms with van der Waals surface area (Å²) in [4.78, 5) is 2.62. The number of hydrogen-bond donors (Lipinski definition) is 1. The molecular formula is C13H28N2. The number of hydrogen-bond acceptors (Lipinski definition) is 2. The van der Waals surface area contributed by atoms with Crippen LogP contribution >= 0.6 is 0 Å². The van der Waals surface area contributed by atoms with Crippen molar-refractivity contribution in [3.63, 3.8) is 0 Å². The highest BCUT2D eigenvalue weighted by Crippen LogP contribution is 2.34. The summed E-state index contributed by atoms with van der Waals surface area (Å²) in [6, 6.07) is 0.599. The molecule has 0 heterocycles. The molecule has 2 nitrogen and oxygen atoms in total. The third-order valence-electron chi connectivity index (χ3n) is 4.09. The smallest absolute Gasteiger partial charge is 0.0329 e. The van der Waals surface area contributed by atoms with E-state index in [0.29, 0.717) is 12.0 Å². The first-order chi connectivity index (χ1) is 6.91. The molecule has 0 amide bonds. The molecule has 0 bridgehead atoms. The average Bonchev–Trinajstić information content (AvgIpc) is 2.95. The predicted octanol–water partition coefficient (Wildman–Crippen LogP) is 2.48. The molecule has 1 saturated carbocycles. The van der Waals surface area contributed by atoms with Gasteiger partial charge in [0, 0.05) is 24.7 Å². The molecule has 1 unspecified atom stereocenters. The van der Waals surface area contributed by atoms with Crippen LogP contribution in [0.1, 0.15) is 47.5 Å². The summed E-state index contributed by atoms with van der Waals surface area (Å²) < 4.78 is 0. The highest BCUT2D eigenvalue weighted by molar-refractivity contribution is 4.94. The Morgan fingerprint density at radius 1 is 1.27 bits per heavy atom. The number of rotatable bonds is 6. The minimum atomic E-state index is 0.163. The molecule has 1 fully saturated rings. The van der Waals surface area contributed by atoms with E-state index in [1.54, 1.807) is 0 Å². The van der Waals surface area contributed by atoms with Crippen molar-refractivity contribution in [3.8, 4) is 0 Å². The first-order valence-electron chi connectivity index (χ1n) is 6.38. The van der Waals surface area contributed by atoms with Crippen molar-refractivity contribution < 1.29 is 0 Å². The highest BCUT2D eigenvalue weighted by Gasteiger charge is 2.38. The quantitative estimate of drug-likeness (QED) is 0.733. The van der Waals surface area contributed by atoms with Crippen molar-refractivity contribution in [2.75, 3.05) is 13.1 Å². The maximum Gasteiger partial charge on any atom is 0.0329 e. The van der Waals surface area contributed by atoms with Crippen molar-refractivity contribution >= 4 is 0 Å². The molecule has 1 aliphatic rings. The lowest BCUT2D eigenvalue weighted by Crippen LogP contribution is -2.58. The van der Waals surface area contributed by atoms with Gasteiger partial charge < -0.3 is 5.73 Å². The molecule has 0 spiro atoms. The topological polar surface area (TPSA) is 29.3 Å². The summed E-state index contributed by atoms with van der Waals surface area (Å²) in [5.41, 5.74) is 6.16. The molecule has 1 aliphatic carbocycles. The van der Waals surface area contributed by atoms with Crippen LogP contribution in [0.3, 0.4) is 0 Å². The van der Waals surface area contributed by atoms with Gasteiger partial charge in [0.05, 0.1) is 0 Å². The Kier molecular flexibility index (Phi) is 4.19. The van der Waals surface area contributed by atoms with Crippen molar-refractivity contribution in [1.82, 2.24) is 4.90 Å². The Hall–Kier alpha value is -0.0800. The fourth-order valence-electron chi connectivity index (χ4n) is 2.27. The second-order valence-corrected chi connectivity index (χ2v) is 5.91. The molecular weight excluding hydrogens is 184 g/mol. The van der Waals surface area contributed by atoms with E-state index >= 15 is 0 Å². The molecule has 2 N–H and O–H groups in total. The van der Waals surface area contributed by atoms with Gasteiger partial charge in [0.2, 0.25) is 0 Å². The lowest BCUT2D eigenvalue weighted by atomic mass is 9.85. The zero-order valence-electron chi connectivity index (χ0n) is 11.1. The third kappa shape index (κ3) is 2.94. The SMILES string of the molecule is CC(C)N(CC1CC1)C(C)(CN)C(C)C. The minimum Gasteiger partial charge on any atom is -0.329 e. The van der Waals surface area contributed by atoms with Crippen LogP contribution in [0.15, 0.2) is 0 Å². The van der Waals surface area contributed by atoms with Crippen molar-refractivity contribution in [1.29, 1.82) is 0 Å². The van der Waals surface area contributed by atoms with Gasteiger partial charge in [-0.1, -0.05) is 13.8 Å². The molecule has 0 aromatic rings. The van der Waals surface area contributed by atoms with Crippen LogP contribution in [0.25, 0.3) is 0 Å². The van der Waals surface area contributed by atoms with Gasteiger partial charge in [-0.25, -0.2) is 0 Å². The molecule has 0 aromatic carbocycles. The maximum absolute atomic E-state index is 6.00. The Bertz CT molecular complexity index is 197. The third-order valence-corrected chi connectivity index (χ3v) is 4.09. The van der Waals surface area contributed by atoms with Gasteiger partial charge in [0.25, 0.3) is 0 Å². The summed E-state index contributed by atoms with van der Waals surface area (Å²) in [7, 11) is 0. The Morgan fingerprint density at radius 3 is 2.07 bits per heavy atom. The van der Waals surface area contributed by atoms with Gasteiger partial charge in [-0.15, -0.1) is 0 Å². The second-order valence-electron chi connectivity index (χ2n) is 5.91. The van der Waals surface area contributed by atoms with Gasteiger partial charge in [-0.05, 0) is 45.4 Å². The van der Waals surface area contributed by atoms with Gasteiger partial charge in [0.15, 0.2) is 0 Å². The monoisotopic (exact) mass is 212 g/mol. The van der Waals surface area contributed by atoms with Crippen LogP contribution in [-0.4, -0.2) is 29.6 Å². The van der Waals surface area contributed by atoms with E-state index < -0.39 is 0 Å². The van der Waals surface area contributed by atoms with E-state index in [9.17, 15) is 0 Å². The molecule has 0 aliphatic heterocycles. The van der Waals surface area contributed by atoms with Crippen LogP contribution < -0.4 is 5.73 Å². The maximum atomic E-state index is 6.00. The zero-order valence-corrected chi connectivity index (χ0v) is 11.1. The summed E-state index contributed by atoms with van der Waals surface area (Å²) in [5.74, 6) is 1.56. The summed E-state index contributed by atoms with van der Waals surface area (Å²) >= 11 is 0. The molecule has 0 radical (unpaired) electrons. The predicted molar refractivity (Wildman–Crippen MR) is 66.9 cm³/mol. The van der Waals surface area contributed by atoms with Gasteiger partial charge in [0.1, 0.15) is 0 Å². The lowest BCUT2D eigenvalue weighted by Gasteiger charge is -2.46. The van der Waals surface area contributed by atoms with Gasteiger partial charge in [-0.2, -0.15) is 0 Å².